The number of benzene rings is 1. The zero-order chi connectivity index (χ0) is 17.2. The molecule has 1 aromatic carbocycles. The summed E-state index contributed by atoms with van der Waals surface area (Å²) in [7, 11) is 0. The van der Waals surface area contributed by atoms with Crippen LogP contribution in [0, 0.1) is 0 Å². The second-order valence-electron chi connectivity index (χ2n) is 7.64. The molecule has 1 amide bonds. The molecule has 3 rings (SSSR count). The van der Waals surface area contributed by atoms with Gasteiger partial charge in [0.15, 0.2) is 0 Å². The molecule has 1 aromatic rings. The van der Waals surface area contributed by atoms with Crippen molar-refractivity contribution in [2.24, 2.45) is 0 Å². The molecule has 0 unspecified atom stereocenters. The van der Waals surface area contributed by atoms with Gasteiger partial charge in [-0.05, 0) is 43.9 Å². The van der Waals surface area contributed by atoms with Crippen molar-refractivity contribution in [1.29, 1.82) is 0 Å². The lowest BCUT2D eigenvalue weighted by Crippen LogP contribution is -2.40. The number of amides is 1. The van der Waals surface area contributed by atoms with E-state index < -0.39 is 5.60 Å². The number of carbonyl (C=O) groups excluding carboxylic acids is 1. The number of fused-ring (bicyclic) bond motifs is 1. The van der Waals surface area contributed by atoms with Crippen LogP contribution in [0.1, 0.15) is 37.5 Å². The average molecular weight is 332 g/mol. The summed E-state index contributed by atoms with van der Waals surface area (Å²) in [6.45, 7) is 11.7. The minimum absolute atomic E-state index is 0.217. The van der Waals surface area contributed by atoms with Gasteiger partial charge in [0.1, 0.15) is 5.60 Å². The number of hydrogen-bond donors (Lipinski definition) is 0. The molecule has 132 valence electrons. The van der Waals surface area contributed by atoms with Crippen LogP contribution in [-0.4, -0.2) is 54.3 Å². The van der Waals surface area contributed by atoms with Crippen LogP contribution < -0.4 is 0 Å². The molecule has 0 bridgehead atoms. The van der Waals surface area contributed by atoms with Crippen molar-refractivity contribution in [3.05, 3.63) is 34.9 Å². The van der Waals surface area contributed by atoms with Crippen LogP contribution >= 0.6 is 0 Å². The Morgan fingerprint density at radius 3 is 2.62 bits per heavy atom. The molecule has 5 heteroatoms. The molecule has 1 fully saturated rings. The molecular weight excluding hydrogens is 304 g/mol. The Hall–Kier alpha value is -1.59. The molecule has 0 aromatic heterocycles. The molecule has 24 heavy (non-hydrogen) atoms. The predicted molar refractivity (Wildman–Crippen MR) is 92.9 cm³/mol. The third kappa shape index (κ3) is 4.48. The van der Waals surface area contributed by atoms with Crippen molar-refractivity contribution in [1.82, 2.24) is 9.80 Å². The van der Waals surface area contributed by atoms with E-state index in [0.717, 1.165) is 45.8 Å². The maximum absolute atomic E-state index is 12.2. The zero-order valence-corrected chi connectivity index (χ0v) is 15.0. The van der Waals surface area contributed by atoms with Gasteiger partial charge in [0.2, 0.25) is 0 Å². The first kappa shape index (κ1) is 17.2. The molecule has 5 nitrogen and oxygen atoms in total. The van der Waals surface area contributed by atoms with E-state index in [4.69, 9.17) is 9.47 Å². The molecule has 0 atom stereocenters. The van der Waals surface area contributed by atoms with E-state index in [9.17, 15) is 4.79 Å². The molecule has 0 aliphatic carbocycles. The lowest BCUT2D eigenvalue weighted by molar-refractivity contribution is 0.0224. The van der Waals surface area contributed by atoms with Crippen molar-refractivity contribution >= 4 is 6.09 Å². The highest BCUT2D eigenvalue weighted by molar-refractivity contribution is 5.68. The summed E-state index contributed by atoms with van der Waals surface area (Å²) in [6, 6.07) is 6.66. The van der Waals surface area contributed by atoms with Crippen LogP contribution in [0.25, 0.3) is 0 Å². The largest absolute Gasteiger partial charge is 0.444 e. The predicted octanol–water partition coefficient (Wildman–Crippen LogP) is 2.81. The van der Waals surface area contributed by atoms with E-state index in [1.165, 1.54) is 16.7 Å². The lowest BCUT2D eigenvalue weighted by Gasteiger charge is -2.32. The minimum Gasteiger partial charge on any atom is -0.444 e. The zero-order valence-electron chi connectivity index (χ0n) is 15.0. The molecule has 0 N–H and O–H groups in total. The monoisotopic (exact) mass is 332 g/mol. The highest BCUT2D eigenvalue weighted by Gasteiger charge is 2.25. The Morgan fingerprint density at radius 2 is 1.92 bits per heavy atom. The average Bonchev–Trinajstić information content (AvgIpc) is 2.53. The van der Waals surface area contributed by atoms with Crippen LogP contribution in [0.3, 0.4) is 0 Å². The third-order valence-corrected chi connectivity index (χ3v) is 4.44. The normalized spacial score (nSPS) is 19.0. The number of nitrogens with zero attached hydrogens (tertiary/aromatic N) is 2. The van der Waals surface area contributed by atoms with Gasteiger partial charge in [0.05, 0.1) is 13.2 Å². The Labute approximate surface area is 144 Å². The third-order valence-electron chi connectivity index (χ3n) is 4.44. The summed E-state index contributed by atoms with van der Waals surface area (Å²) in [5.74, 6) is 0. The van der Waals surface area contributed by atoms with Gasteiger partial charge < -0.3 is 14.4 Å². The van der Waals surface area contributed by atoms with Crippen LogP contribution in [-0.2, 0) is 29.0 Å². The van der Waals surface area contributed by atoms with Gasteiger partial charge in [-0.25, -0.2) is 4.79 Å². The first-order chi connectivity index (χ1) is 11.4. The second-order valence-corrected chi connectivity index (χ2v) is 7.64. The van der Waals surface area contributed by atoms with E-state index in [-0.39, 0.29) is 6.09 Å². The lowest BCUT2D eigenvalue weighted by atomic mass is 9.97. The topological polar surface area (TPSA) is 42.0 Å². The van der Waals surface area contributed by atoms with Gasteiger partial charge in [-0.15, -0.1) is 0 Å². The fraction of sp³-hybridized carbons (Fsp3) is 0.632. The summed E-state index contributed by atoms with van der Waals surface area (Å²) in [4.78, 5) is 16.5. The smallest absolute Gasteiger partial charge is 0.410 e. The van der Waals surface area contributed by atoms with Gasteiger partial charge in [-0.3, -0.25) is 4.90 Å². The van der Waals surface area contributed by atoms with Crippen molar-refractivity contribution in [2.75, 3.05) is 32.8 Å². The maximum Gasteiger partial charge on any atom is 0.410 e. The molecule has 1 saturated heterocycles. The Kier molecular flexibility index (Phi) is 5.11. The fourth-order valence-corrected chi connectivity index (χ4v) is 3.20. The highest BCUT2D eigenvalue weighted by Crippen LogP contribution is 2.23. The van der Waals surface area contributed by atoms with Crippen molar-refractivity contribution in [3.8, 4) is 0 Å². The SMILES string of the molecule is CC(C)(C)OC(=O)N1CCc2cc(CN3CCOCC3)ccc2C1. The van der Waals surface area contributed by atoms with Crippen LogP contribution in [0.4, 0.5) is 4.79 Å². The molecule has 0 radical (unpaired) electrons. The van der Waals surface area contributed by atoms with Gasteiger partial charge in [0, 0.05) is 32.7 Å². The van der Waals surface area contributed by atoms with E-state index >= 15 is 0 Å². The van der Waals surface area contributed by atoms with E-state index in [1.807, 2.05) is 20.8 Å². The van der Waals surface area contributed by atoms with Crippen molar-refractivity contribution in [2.45, 2.75) is 45.9 Å². The molecule has 0 spiro atoms. The van der Waals surface area contributed by atoms with Gasteiger partial charge >= 0.3 is 6.09 Å². The minimum atomic E-state index is -0.445. The van der Waals surface area contributed by atoms with Gasteiger partial charge in [-0.2, -0.15) is 0 Å². The van der Waals surface area contributed by atoms with Crippen molar-refractivity contribution < 1.29 is 14.3 Å². The van der Waals surface area contributed by atoms with Crippen LogP contribution in [0.15, 0.2) is 18.2 Å². The summed E-state index contributed by atoms with van der Waals surface area (Å²) in [5, 5.41) is 0. The quantitative estimate of drug-likeness (QED) is 0.835. The first-order valence-electron chi connectivity index (χ1n) is 8.79. The molecule has 2 aliphatic heterocycles. The first-order valence-corrected chi connectivity index (χ1v) is 8.79. The van der Waals surface area contributed by atoms with E-state index in [0.29, 0.717) is 6.54 Å². The number of morpholine rings is 1. The molecule has 0 saturated carbocycles. The maximum atomic E-state index is 12.2. The van der Waals surface area contributed by atoms with E-state index in [1.54, 1.807) is 4.90 Å². The summed E-state index contributed by atoms with van der Waals surface area (Å²) < 4.78 is 10.9. The Morgan fingerprint density at radius 1 is 1.17 bits per heavy atom. The van der Waals surface area contributed by atoms with Crippen LogP contribution in [0.5, 0.6) is 0 Å². The number of ether oxygens (including phenoxy) is 2. The Bertz CT molecular complexity index is 589. The van der Waals surface area contributed by atoms with Crippen LogP contribution in [0.2, 0.25) is 0 Å². The highest BCUT2D eigenvalue weighted by atomic mass is 16.6. The number of rotatable bonds is 2. The van der Waals surface area contributed by atoms with Gasteiger partial charge in [-0.1, -0.05) is 18.2 Å². The van der Waals surface area contributed by atoms with Crippen molar-refractivity contribution in [3.63, 3.8) is 0 Å². The van der Waals surface area contributed by atoms with E-state index in [2.05, 4.69) is 23.1 Å². The Balaban J connectivity index is 1.62. The fourth-order valence-electron chi connectivity index (χ4n) is 3.20. The molecule has 2 heterocycles. The summed E-state index contributed by atoms with van der Waals surface area (Å²) >= 11 is 0. The summed E-state index contributed by atoms with van der Waals surface area (Å²) in [5.41, 5.74) is 3.50. The second kappa shape index (κ2) is 7.11. The molecular formula is C19H28N2O3. The summed E-state index contributed by atoms with van der Waals surface area (Å²) in [6.07, 6.45) is 0.677. The standard InChI is InChI=1S/C19H28N2O3/c1-19(2,3)24-18(22)21-7-6-16-12-15(4-5-17(16)14-21)13-20-8-10-23-11-9-20/h4-5,12H,6-11,13-14H2,1-3H3. The van der Waals surface area contributed by atoms with Gasteiger partial charge in [0.25, 0.3) is 0 Å². The number of carbonyl (C=O) groups is 1. The molecule has 2 aliphatic rings. The number of hydrogen-bond acceptors (Lipinski definition) is 4.